The second-order valence-electron chi connectivity index (χ2n) is 15.8. The van der Waals surface area contributed by atoms with Gasteiger partial charge in [0.25, 0.3) is 11.8 Å². The molecule has 0 radical (unpaired) electrons. The maximum atomic E-state index is 14.7. The molecule has 3 saturated heterocycles. The molecular weight excluding hydrogens is 795 g/mol. The molecule has 1 aromatic heterocycles. The minimum Gasteiger partial charge on any atom is -0.369 e. The average molecular weight is 843 g/mol. The van der Waals surface area contributed by atoms with Gasteiger partial charge in [-0.15, -0.1) is 0 Å². The van der Waals surface area contributed by atoms with Crippen LogP contribution in [0.1, 0.15) is 64.3 Å². The summed E-state index contributed by atoms with van der Waals surface area (Å²) >= 11 is 0. The minimum atomic E-state index is -0.673. The van der Waals surface area contributed by atoms with Crippen molar-refractivity contribution in [3.8, 4) is 0 Å². The van der Waals surface area contributed by atoms with Crippen LogP contribution >= 0.6 is 0 Å². The largest absolute Gasteiger partial charge is 0.369 e. The number of imide groups is 1. The van der Waals surface area contributed by atoms with E-state index in [0.717, 1.165) is 82.5 Å². The van der Waals surface area contributed by atoms with Crippen LogP contribution in [-0.2, 0) is 9.59 Å². The summed E-state index contributed by atoms with van der Waals surface area (Å²) < 4.78 is 28.7. The zero-order chi connectivity index (χ0) is 43.0. The maximum Gasteiger partial charge on any atom is 0.265 e. The van der Waals surface area contributed by atoms with E-state index < -0.39 is 17.5 Å². The van der Waals surface area contributed by atoms with Gasteiger partial charge in [-0.2, -0.15) is 4.98 Å². The standard InChI is InChI=1S/C46H48F2N10O4/c47-39-4-2-1-3-38(39)45(62)51-34-13-11-33(12-14-34)50-42-40(48)29-49-46(54-42)52-35-9-5-32(6-10-35)43(60)55-58-23-20-30(21-24-58)19-22-56-25-27-57(28-26-56)36-15-7-31(8-16-36)37-17-18-41(59)53-44(37)61/h1-16,29-30,37H,17-28H2,(H,51,62)(H,55,60)(H,53,59,61)(H2,49,50,52,54). The van der Waals surface area contributed by atoms with E-state index in [1.165, 1.54) is 18.2 Å². The first kappa shape index (κ1) is 41.9. The van der Waals surface area contributed by atoms with Gasteiger partial charge in [0, 0.05) is 74.0 Å². The van der Waals surface area contributed by atoms with Crippen LogP contribution in [0.2, 0.25) is 0 Å². The van der Waals surface area contributed by atoms with Gasteiger partial charge in [0.15, 0.2) is 11.6 Å². The third kappa shape index (κ3) is 10.6. The highest BCUT2D eigenvalue weighted by atomic mass is 19.1. The number of hydrogen-bond donors (Lipinski definition) is 5. The summed E-state index contributed by atoms with van der Waals surface area (Å²) in [5.74, 6) is -2.08. The number of halogens is 2. The molecule has 5 aromatic rings. The summed E-state index contributed by atoms with van der Waals surface area (Å²) in [4.78, 5) is 62.6. The fourth-order valence-electron chi connectivity index (χ4n) is 8.03. The van der Waals surface area contributed by atoms with Gasteiger partial charge in [0.1, 0.15) is 5.82 Å². The molecule has 0 saturated carbocycles. The number of rotatable bonds is 13. The van der Waals surface area contributed by atoms with Gasteiger partial charge in [-0.1, -0.05) is 24.3 Å². The lowest BCUT2D eigenvalue weighted by atomic mass is 9.90. The minimum absolute atomic E-state index is 0.0715. The Bertz CT molecular complexity index is 2390. The van der Waals surface area contributed by atoms with Crippen LogP contribution < -0.4 is 31.6 Å². The van der Waals surface area contributed by atoms with Crippen molar-refractivity contribution in [1.82, 2.24) is 30.6 Å². The normalized spacial score (nSPS) is 17.6. The number of nitrogens with one attached hydrogen (secondary N) is 5. The molecule has 62 heavy (non-hydrogen) atoms. The Labute approximate surface area is 358 Å². The van der Waals surface area contributed by atoms with Crippen molar-refractivity contribution in [2.75, 3.05) is 66.7 Å². The fourth-order valence-corrected chi connectivity index (χ4v) is 8.03. The summed E-state index contributed by atoms with van der Waals surface area (Å²) in [5, 5.41) is 13.0. The summed E-state index contributed by atoms with van der Waals surface area (Å²) in [6.07, 6.45) is 5.12. The summed E-state index contributed by atoms with van der Waals surface area (Å²) in [7, 11) is 0. The highest BCUT2D eigenvalue weighted by Crippen LogP contribution is 2.28. The maximum absolute atomic E-state index is 14.7. The Hall–Kier alpha value is -6.78. The zero-order valence-corrected chi connectivity index (χ0v) is 34.1. The van der Waals surface area contributed by atoms with Crippen molar-refractivity contribution in [2.24, 2.45) is 5.92 Å². The number of carbonyl (C=O) groups is 4. The molecule has 1 unspecified atom stereocenters. The predicted octanol–water partition coefficient (Wildman–Crippen LogP) is 6.58. The van der Waals surface area contributed by atoms with Crippen molar-refractivity contribution in [2.45, 2.75) is 38.0 Å². The van der Waals surface area contributed by atoms with Gasteiger partial charge < -0.3 is 20.9 Å². The number of nitrogens with zero attached hydrogens (tertiary/aromatic N) is 5. The molecule has 0 aliphatic carbocycles. The Morgan fingerprint density at radius 3 is 2.11 bits per heavy atom. The topological polar surface area (TPSA) is 164 Å². The number of hydrazine groups is 1. The molecule has 3 aliphatic heterocycles. The third-order valence-electron chi connectivity index (χ3n) is 11.7. The Morgan fingerprint density at radius 2 is 1.40 bits per heavy atom. The molecule has 3 fully saturated rings. The Kier molecular flexibility index (Phi) is 13.0. The molecule has 4 amide bonds. The van der Waals surface area contributed by atoms with E-state index in [2.05, 4.69) is 58.6 Å². The van der Waals surface area contributed by atoms with Crippen LogP contribution in [0.5, 0.6) is 0 Å². The first-order valence-corrected chi connectivity index (χ1v) is 20.9. The zero-order valence-electron chi connectivity index (χ0n) is 34.1. The lowest BCUT2D eigenvalue weighted by Gasteiger charge is -2.37. The van der Waals surface area contributed by atoms with Gasteiger partial charge in [0.2, 0.25) is 17.8 Å². The van der Waals surface area contributed by atoms with Gasteiger partial charge >= 0.3 is 0 Å². The number of hydrogen-bond acceptors (Lipinski definition) is 11. The number of carbonyl (C=O) groups excluding carboxylic acids is 4. The number of anilines is 6. The molecule has 0 spiro atoms. The van der Waals surface area contributed by atoms with Crippen LogP contribution in [0.4, 0.5) is 43.3 Å². The highest BCUT2D eigenvalue weighted by Gasteiger charge is 2.28. The molecule has 1 atom stereocenters. The van der Waals surface area contributed by atoms with Crippen LogP contribution in [0.15, 0.2) is 103 Å². The summed E-state index contributed by atoms with van der Waals surface area (Å²) in [6.45, 7) is 6.50. The second-order valence-corrected chi connectivity index (χ2v) is 15.8. The molecule has 3 aliphatic rings. The number of amides is 4. The first-order valence-electron chi connectivity index (χ1n) is 20.9. The number of aromatic nitrogens is 2. The molecule has 5 N–H and O–H groups in total. The molecule has 14 nitrogen and oxygen atoms in total. The molecule has 8 rings (SSSR count). The van der Waals surface area contributed by atoms with Crippen molar-refractivity contribution in [3.05, 3.63) is 132 Å². The predicted molar refractivity (Wildman–Crippen MR) is 232 cm³/mol. The average Bonchev–Trinajstić information content (AvgIpc) is 3.28. The number of piperazine rings is 1. The van der Waals surface area contributed by atoms with Gasteiger partial charge in [-0.25, -0.2) is 18.8 Å². The summed E-state index contributed by atoms with van der Waals surface area (Å²) in [5.41, 5.74) is 7.12. The second kappa shape index (κ2) is 19.3. The van der Waals surface area contributed by atoms with E-state index in [-0.39, 0.29) is 41.0 Å². The SMILES string of the molecule is O=C1CCC(c2ccc(N3CCN(CCC4CCN(NC(=O)c5ccc(Nc6ncc(F)c(Nc7ccc(NC(=O)c8ccccc8F)cc7)n6)cc5)CC4)CC3)cc2)C(=O)N1. The lowest BCUT2D eigenvalue weighted by molar-refractivity contribution is -0.134. The van der Waals surface area contributed by atoms with Gasteiger partial charge in [-0.3, -0.25) is 34.8 Å². The fraction of sp³-hybridized carbons (Fsp3) is 0.304. The van der Waals surface area contributed by atoms with Crippen molar-refractivity contribution < 1.29 is 28.0 Å². The van der Waals surface area contributed by atoms with Crippen molar-refractivity contribution >= 4 is 58.1 Å². The van der Waals surface area contributed by atoms with Crippen molar-refractivity contribution in [1.29, 1.82) is 0 Å². The van der Waals surface area contributed by atoms with Crippen LogP contribution in [0.25, 0.3) is 0 Å². The molecule has 320 valence electrons. The molecule has 0 bridgehead atoms. The van der Waals surface area contributed by atoms with Crippen LogP contribution in [0, 0.1) is 17.6 Å². The molecule has 4 aromatic carbocycles. The van der Waals surface area contributed by atoms with E-state index in [1.54, 1.807) is 54.6 Å². The number of benzene rings is 4. The van der Waals surface area contributed by atoms with E-state index >= 15 is 0 Å². The van der Waals surface area contributed by atoms with E-state index in [0.29, 0.717) is 41.4 Å². The molecular formula is C46H48F2N10O4. The summed E-state index contributed by atoms with van der Waals surface area (Å²) in [6, 6.07) is 27.2. The first-order chi connectivity index (χ1) is 30.1. The van der Waals surface area contributed by atoms with E-state index in [1.807, 2.05) is 17.1 Å². The smallest absolute Gasteiger partial charge is 0.265 e. The Morgan fingerprint density at radius 1 is 0.726 bits per heavy atom. The third-order valence-corrected chi connectivity index (χ3v) is 11.7. The highest BCUT2D eigenvalue weighted by molar-refractivity contribution is 6.04. The van der Waals surface area contributed by atoms with E-state index in [4.69, 9.17) is 0 Å². The lowest BCUT2D eigenvalue weighted by Crippen LogP contribution is -2.48. The monoisotopic (exact) mass is 842 g/mol. The van der Waals surface area contributed by atoms with Crippen molar-refractivity contribution in [3.63, 3.8) is 0 Å². The molecule has 16 heteroatoms. The molecule has 4 heterocycles. The van der Waals surface area contributed by atoms with E-state index in [9.17, 15) is 28.0 Å². The quantitative estimate of drug-likeness (QED) is 0.0814. The Balaban J connectivity index is 0.737. The van der Waals surface area contributed by atoms with Crippen LogP contribution in [-0.4, -0.2) is 89.3 Å². The van der Waals surface area contributed by atoms with Gasteiger partial charge in [-0.05, 0) is 117 Å². The van der Waals surface area contributed by atoms with Crippen LogP contribution in [0.3, 0.4) is 0 Å². The number of piperidine rings is 2. The van der Waals surface area contributed by atoms with Gasteiger partial charge in [0.05, 0.1) is 17.7 Å².